The van der Waals surface area contributed by atoms with Gasteiger partial charge >= 0.3 is 6.03 Å². The van der Waals surface area contributed by atoms with Crippen LogP contribution in [0.1, 0.15) is 23.9 Å². The topological polar surface area (TPSA) is 63.6 Å². The van der Waals surface area contributed by atoms with Crippen LogP contribution in [0.15, 0.2) is 11.8 Å². The summed E-state index contributed by atoms with van der Waals surface area (Å²) in [4.78, 5) is 24.9. The number of amides is 3. The van der Waals surface area contributed by atoms with Gasteiger partial charge in [-0.15, -0.1) is 0 Å². The molecule has 1 fully saturated rings. The number of urea groups is 1. The van der Waals surface area contributed by atoms with Gasteiger partial charge in [0.2, 0.25) is 0 Å². The van der Waals surface area contributed by atoms with Crippen LogP contribution in [0, 0.1) is 13.8 Å². The molecule has 1 aromatic rings. The molecule has 0 aromatic carbocycles. The number of likely N-dealkylation sites (N-methyl/N-ethyl adjacent to an activating group) is 1. The summed E-state index contributed by atoms with van der Waals surface area (Å²) in [5.74, 6) is -0.274. The SMILES string of the molecule is CCN1C(=O)N/C(=C/c2cc(C)n(CCOC)c2C)C1=O. The van der Waals surface area contributed by atoms with Gasteiger partial charge in [-0.05, 0) is 38.5 Å². The molecule has 6 nitrogen and oxygen atoms in total. The molecule has 21 heavy (non-hydrogen) atoms. The van der Waals surface area contributed by atoms with Crippen LogP contribution in [0.4, 0.5) is 4.79 Å². The number of imide groups is 1. The molecule has 114 valence electrons. The van der Waals surface area contributed by atoms with Gasteiger partial charge in [-0.3, -0.25) is 9.69 Å². The lowest BCUT2D eigenvalue weighted by molar-refractivity contribution is -0.122. The third-order valence-electron chi connectivity index (χ3n) is 3.71. The third-order valence-corrected chi connectivity index (χ3v) is 3.71. The van der Waals surface area contributed by atoms with Crippen molar-refractivity contribution in [1.29, 1.82) is 0 Å². The van der Waals surface area contributed by atoms with Crippen molar-refractivity contribution in [3.8, 4) is 0 Å². The Morgan fingerprint density at radius 2 is 2.05 bits per heavy atom. The Labute approximate surface area is 124 Å². The maximum Gasteiger partial charge on any atom is 0.328 e. The molecule has 6 heteroatoms. The zero-order valence-electron chi connectivity index (χ0n) is 12.9. The highest BCUT2D eigenvalue weighted by atomic mass is 16.5. The average molecular weight is 291 g/mol. The van der Waals surface area contributed by atoms with Crippen molar-refractivity contribution >= 4 is 18.0 Å². The summed E-state index contributed by atoms with van der Waals surface area (Å²) >= 11 is 0. The molecule has 0 bridgehead atoms. The van der Waals surface area contributed by atoms with E-state index in [-0.39, 0.29) is 11.9 Å². The summed E-state index contributed by atoms with van der Waals surface area (Å²) in [6, 6.07) is 1.65. The van der Waals surface area contributed by atoms with E-state index in [4.69, 9.17) is 4.74 Å². The van der Waals surface area contributed by atoms with Gasteiger partial charge in [0.15, 0.2) is 0 Å². The van der Waals surface area contributed by atoms with E-state index in [2.05, 4.69) is 9.88 Å². The standard InChI is InChI=1S/C15H21N3O3/c1-5-17-14(19)13(16-15(17)20)9-12-8-10(2)18(11(12)3)6-7-21-4/h8-9H,5-7H2,1-4H3,(H,16,20)/b13-9+. The maximum absolute atomic E-state index is 12.1. The number of ether oxygens (including phenoxy) is 1. The fourth-order valence-corrected chi connectivity index (χ4v) is 2.51. The molecule has 1 aromatic heterocycles. The lowest BCUT2D eigenvalue weighted by atomic mass is 10.2. The Balaban J connectivity index is 2.30. The van der Waals surface area contributed by atoms with Crippen molar-refractivity contribution in [3.05, 3.63) is 28.7 Å². The van der Waals surface area contributed by atoms with E-state index in [0.717, 1.165) is 23.5 Å². The normalized spacial score (nSPS) is 17.0. The number of carbonyl (C=O) groups excluding carboxylic acids is 2. The van der Waals surface area contributed by atoms with Crippen molar-refractivity contribution < 1.29 is 14.3 Å². The van der Waals surface area contributed by atoms with Crippen molar-refractivity contribution in [2.24, 2.45) is 0 Å². The average Bonchev–Trinajstić information content (AvgIpc) is 2.86. The quantitative estimate of drug-likeness (QED) is 0.663. The first-order chi connectivity index (χ1) is 9.99. The number of hydrogen-bond acceptors (Lipinski definition) is 3. The van der Waals surface area contributed by atoms with Gasteiger partial charge in [0, 0.05) is 31.6 Å². The van der Waals surface area contributed by atoms with Crippen LogP contribution in [0.3, 0.4) is 0 Å². The molecule has 1 N–H and O–H groups in total. The lowest BCUT2D eigenvalue weighted by Gasteiger charge is -2.08. The molecule has 0 aliphatic carbocycles. The first-order valence-corrected chi connectivity index (χ1v) is 6.99. The van der Waals surface area contributed by atoms with E-state index in [9.17, 15) is 9.59 Å². The van der Waals surface area contributed by atoms with Crippen LogP contribution < -0.4 is 5.32 Å². The van der Waals surface area contributed by atoms with E-state index >= 15 is 0 Å². The van der Waals surface area contributed by atoms with E-state index < -0.39 is 0 Å². The molecule has 0 spiro atoms. The van der Waals surface area contributed by atoms with Crippen LogP contribution in [0.2, 0.25) is 0 Å². The highest BCUT2D eigenvalue weighted by Crippen LogP contribution is 2.20. The van der Waals surface area contributed by atoms with Gasteiger partial charge in [-0.25, -0.2) is 4.79 Å². The van der Waals surface area contributed by atoms with E-state index in [0.29, 0.717) is 18.8 Å². The smallest absolute Gasteiger partial charge is 0.328 e. The minimum atomic E-state index is -0.359. The molecule has 0 radical (unpaired) electrons. The molecule has 0 saturated carbocycles. The highest BCUT2D eigenvalue weighted by molar-refractivity contribution is 6.13. The molecule has 1 saturated heterocycles. The first-order valence-electron chi connectivity index (χ1n) is 6.99. The minimum absolute atomic E-state index is 0.274. The summed E-state index contributed by atoms with van der Waals surface area (Å²) in [5, 5.41) is 2.62. The van der Waals surface area contributed by atoms with Crippen molar-refractivity contribution in [2.45, 2.75) is 27.3 Å². The first kappa shape index (κ1) is 15.3. The zero-order chi connectivity index (χ0) is 15.6. The predicted octanol–water partition coefficient (Wildman–Crippen LogP) is 1.66. The summed E-state index contributed by atoms with van der Waals surface area (Å²) in [6.45, 7) is 7.54. The summed E-state index contributed by atoms with van der Waals surface area (Å²) in [5.41, 5.74) is 3.41. The number of hydrogen-bond donors (Lipinski definition) is 1. The number of nitrogens with one attached hydrogen (secondary N) is 1. The Hall–Kier alpha value is -2.08. The number of aryl methyl sites for hydroxylation is 1. The van der Waals surface area contributed by atoms with Crippen LogP contribution >= 0.6 is 0 Å². The number of rotatable bonds is 5. The van der Waals surface area contributed by atoms with Gasteiger partial charge in [0.25, 0.3) is 5.91 Å². The van der Waals surface area contributed by atoms with E-state index in [1.807, 2.05) is 19.9 Å². The van der Waals surface area contributed by atoms with Crippen molar-refractivity contribution in [2.75, 3.05) is 20.3 Å². The second-order valence-electron chi connectivity index (χ2n) is 5.01. The molecule has 1 aliphatic rings. The van der Waals surface area contributed by atoms with Crippen molar-refractivity contribution in [3.63, 3.8) is 0 Å². The molecule has 3 amide bonds. The van der Waals surface area contributed by atoms with E-state index in [1.165, 1.54) is 4.90 Å². The number of aromatic nitrogens is 1. The summed E-state index contributed by atoms with van der Waals surface area (Å²) in [7, 11) is 1.67. The van der Waals surface area contributed by atoms with Gasteiger partial charge in [-0.2, -0.15) is 0 Å². The molecule has 0 atom stereocenters. The number of methoxy groups -OCH3 is 1. The Morgan fingerprint density at radius 3 is 2.62 bits per heavy atom. The maximum atomic E-state index is 12.1. The van der Waals surface area contributed by atoms with Crippen molar-refractivity contribution in [1.82, 2.24) is 14.8 Å². The largest absolute Gasteiger partial charge is 0.383 e. The zero-order valence-corrected chi connectivity index (χ0v) is 12.9. The van der Waals surface area contributed by atoms with Crippen LogP contribution in [0.5, 0.6) is 0 Å². The number of carbonyl (C=O) groups is 2. The third kappa shape index (κ3) is 2.85. The number of nitrogens with zero attached hydrogens (tertiary/aromatic N) is 2. The fourth-order valence-electron chi connectivity index (χ4n) is 2.51. The fraction of sp³-hybridized carbons (Fsp3) is 0.467. The second-order valence-corrected chi connectivity index (χ2v) is 5.01. The Bertz CT molecular complexity index is 602. The summed E-state index contributed by atoms with van der Waals surface area (Å²) in [6.07, 6.45) is 1.74. The minimum Gasteiger partial charge on any atom is -0.383 e. The van der Waals surface area contributed by atoms with Gasteiger partial charge in [0.1, 0.15) is 5.70 Å². The molecule has 2 rings (SSSR count). The van der Waals surface area contributed by atoms with Crippen LogP contribution in [-0.4, -0.2) is 41.7 Å². The lowest BCUT2D eigenvalue weighted by Crippen LogP contribution is -2.30. The molecular weight excluding hydrogens is 270 g/mol. The second kappa shape index (κ2) is 6.13. The molecule has 1 aliphatic heterocycles. The molecule has 2 heterocycles. The molecule has 0 unspecified atom stereocenters. The predicted molar refractivity (Wildman–Crippen MR) is 79.7 cm³/mol. The highest BCUT2D eigenvalue weighted by Gasteiger charge is 2.32. The van der Waals surface area contributed by atoms with Gasteiger partial charge in [0.05, 0.1) is 6.61 Å². The summed E-state index contributed by atoms with van der Waals surface area (Å²) < 4.78 is 7.24. The monoisotopic (exact) mass is 291 g/mol. The van der Waals surface area contributed by atoms with Gasteiger partial charge < -0.3 is 14.6 Å². The molecular formula is C15H21N3O3. The van der Waals surface area contributed by atoms with Crippen LogP contribution in [-0.2, 0) is 16.1 Å². The van der Waals surface area contributed by atoms with Gasteiger partial charge in [-0.1, -0.05) is 0 Å². The Morgan fingerprint density at radius 1 is 1.33 bits per heavy atom. The van der Waals surface area contributed by atoms with Crippen LogP contribution in [0.25, 0.3) is 6.08 Å². The Kier molecular flexibility index (Phi) is 4.47. The van der Waals surface area contributed by atoms with E-state index in [1.54, 1.807) is 20.1 Å².